The molecular formula is C15H25FN6O2. The smallest absolute Gasteiger partial charge is 0.317 e. The van der Waals surface area contributed by atoms with Crippen LogP contribution in [0.15, 0.2) is 6.20 Å². The highest BCUT2D eigenvalue weighted by Gasteiger charge is 2.35. The lowest BCUT2D eigenvalue weighted by Crippen LogP contribution is -2.44. The number of nitrogens with one attached hydrogen (secondary N) is 2. The van der Waals surface area contributed by atoms with Crippen molar-refractivity contribution in [3.8, 4) is 0 Å². The number of rotatable bonds is 6. The number of hydrogen-bond acceptors (Lipinski definition) is 4. The molecule has 1 aliphatic rings. The third-order valence-electron chi connectivity index (χ3n) is 3.74. The maximum absolute atomic E-state index is 13.8. The zero-order chi connectivity index (χ0) is 17.7. The van der Waals surface area contributed by atoms with Gasteiger partial charge in [-0.25, -0.2) is 13.9 Å². The summed E-state index contributed by atoms with van der Waals surface area (Å²) in [6.45, 7) is 6.61. The van der Waals surface area contributed by atoms with Crippen LogP contribution in [0.4, 0.5) is 9.18 Å². The van der Waals surface area contributed by atoms with Crippen LogP contribution in [0.3, 0.4) is 0 Å². The molecule has 2 N–H and O–H groups in total. The molecule has 0 spiro atoms. The molecule has 1 aliphatic heterocycles. The van der Waals surface area contributed by atoms with Gasteiger partial charge in [0.25, 0.3) is 5.91 Å². The SMILES string of the molecule is CCCNC(=O)N1CC(F)CC1Cn1cc(C(=O)NC(C)C)nn1. The van der Waals surface area contributed by atoms with Crippen LogP contribution in [0, 0.1) is 0 Å². The lowest BCUT2D eigenvalue weighted by atomic mass is 10.2. The Hall–Kier alpha value is -2.19. The fraction of sp³-hybridized carbons (Fsp3) is 0.733. The molecule has 1 saturated heterocycles. The summed E-state index contributed by atoms with van der Waals surface area (Å²) in [5.74, 6) is -0.302. The quantitative estimate of drug-likeness (QED) is 0.806. The normalized spacial score (nSPS) is 20.5. The van der Waals surface area contributed by atoms with E-state index >= 15 is 0 Å². The Morgan fingerprint density at radius 2 is 2.21 bits per heavy atom. The Morgan fingerprint density at radius 3 is 2.88 bits per heavy atom. The minimum atomic E-state index is -1.05. The van der Waals surface area contributed by atoms with E-state index < -0.39 is 6.17 Å². The second kappa shape index (κ2) is 8.07. The van der Waals surface area contributed by atoms with Crippen molar-refractivity contribution >= 4 is 11.9 Å². The summed E-state index contributed by atoms with van der Waals surface area (Å²) >= 11 is 0. The summed E-state index contributed by atoms with van der Waals surface area (Å²) in [7, 11) is 0. The number of halogens is 1. The van der Waals surface area contributed by atoms with Crippen molar-refractivity contribution in [2.24, 2.45) is 0 Å². The van der Waals surface area contributed by atoms with Crippen molar-refractivity contribution in [2.45, 2.75) is 58.4 Å². The molecule has 2 unspecified atom stereocenters. The first-order chi connectivity index (χ1) is 11.4. The molecule has 0 radical (unpaired) electrons. The van der Waals surface area contributed by atoms with Crippen molar-refractivity contribution < 1.29 is 14.0 Å². The summed E-state index contributed by atoms with van der Waals surface area (Å²) in [4.78, 5) is 25.5. The van der Waals surface area contributed by atoms with Crippen LogP contribution < -0.4 is 10.6 Å². The van der Waals surface area contributed by atoms with Gasteiger partial charge in [0.15, 0.2) is 5.69 Å². The van der Waals surface area contributed by atoms with E-state index in [9.17, 15) is 14.0 Å². The Balaban J connectivity index is 1.99. The lowest BCUT2D eigenvalue weighted by Gasteiger charge is -2.24. The highest BCUT2D eigenvalue weighted by Crippen LogP contribution is 2.21. The largest absolute Gasteiger partial charge is 0.348 e. The summed E-state index contributed by atoms with van der Waals surface area (Å²) in [6, 6.07) is -0.568. The monoisotopic (exact) mass is 340 g/mol. The summed E-state index contributed by atoms with van der Waals surface area (Å²) in [6.07, 6.45) is 1.55. The first-order valence-corrected chi connectivity index (χ1v) is 8.30. The third kappa shape index (κ3) is 4.65. The molecule has 0 bridgehead atoms. The number of nitrogens with zero attached hydrogens (tertiary/aromatic N) is 4. The molecule has 0 aromatic carbocycles. The second-order valence-corrected chi connectivity index (χ2v) is 6.33. The molecule has 9 heteroatoms. The number of carbonyl (C=O) groups is 2. The third-order valence-corrected chi connectivity index (χ3v) is 3.74. The fourth-order valence-corrected chi connectivity index (χ4v) is 2.66. The van der Waals surface area contributed by atoms with E-state index in [-0.39, 0.29) is 42.7 Å². The van der Waals surface area contributed by atoms with E-state index in [0.29, 0.717) is 13.1 Å². The number of alkyl halides is 1. The van der Waals surface area contributed by atoms with Gasteiger partial charge in [-0.1, -0.05) is 12.1 Å². The van der Waals surface area contributed by atoms with Crippen LogP contribution >= 0.6 is 0 Å². The van der Waals surface area contributed by atoms with Gasteiger partial charge in [-0.15, -0.1) is 5.10 Å². The minimum absolute atomic E-state index is 0.00234. The maximum Gasteiger partial charge on any atom is 0.317 e. The van der Waals surface area contributed by atoms with Gasteiger partial charge in [-0.05, 0) is 20.3 Å². The van der Waals surface area contributed by atoms with Gasteiger partial charge in [0.1, 0.15) is 6.17 Å². The standard InChI is InChI=1S/C15H25FN6O2/c1-4-5-17-15(24)22-7-11(16)6-12(22)8-21-9-13(19-20-21)14(23)18-10(2)3/h9-12H,4-8H2,1-3H3,(H,17,24)(H,18,23). The number of likely N-dealkylation sites (tertiary alicyclic amines) is 1. The zero-order valence-corrected chi connectivity index (χ0v) is 14.3. The molecule has 2 rings (SSSR count). The van der Waals surface area contributed by atoms with Crippen molar-refractivity contribution in [1.29, 1.82) is 0 Å². The van der Waals surface area contributed by atoms with Crippen molar-refractivity contribution in [3.05, 3.63) is 11.9 Å². The molecule has 134 valence electrons. The predicted molar refractivity (Wildman–Crippen MR) is 86.3 cm³/mol. The zero-order valence-electron chi connectivity index (χ0n) is 14.3. The minimum Gasteiger partial charge on any atom is -0.348 e. The van der Waals surface area contributed by atoms with E-state index in [0.717, 1.165) is 6.42 Å². The number of amides is 3. The lowest BCUT2D eigenvalue weighted by molar-refractivity contribution is 0.0938. The molecular weight excluding hydrogens is 315 g/mol. The van der Waals surface area contributed by atoms with E-state index in [1.165, 1.54) is 15.8 Å². The topological polar surface area (TPSA) is 92.2 Å². The number of carbonyl (C=O) groups excluding carboxylic acids is 2. The molecule has 3 amide bonds. The van der Waals surface area contributed by atoms with Gasteiger partial charge in [0.05, 0.1) is 25.3 Å². The molecule has 2 atom stereocenters. The van der Waals surface area contributed by atoms with Crippen LogP contribution in [0.25, 0.3) is 0 Å². The van der Waals surface area contributed by atoms with E-state index in [1.54, 1.807) is 0 Å². The van der Waals surface area contributed by atoms with Gasteiger partial charge in [-0.3, -0.25) is 4.79 Å². The molecule has 0 aliphatic carbocycles. The molecule has 1 aromatic heterocycles. The summed E-state index contributed by atoms with van der Waals surface area (Å²) in [5, 5.41) is 13.3. The molecule has 1 aromatic rings. The molecule has 0 saturated carbocycles. The van der Waals surface area contributed by atoms with E-state index in [2.05, 4.69) is 20.9 Å². The van der Waals surface area contributed by atoms with Gasteiger partial charge in [0.2, 0.25) is 0 Å². The van der Waals surface area contributed by atoms with Crippen LogP contribution in [0.5, 0.6) is 0 Å². The predicted octanol–water partition coefficient (Wildman–Crippen LogP) is 0.948. The first kappa shape index (κ1) is 18.2. The summed E-state index contributed by atoms with van der Waals surface area (Å²) in [5.41, 5.74) is 0.209. The number of hydrogen-bond donors (Lipinski definition) is 2. The van der Waals surface area contributed by atoms with Crippen LogP contribution in [-0.4, -0.2) is 63.2 Å². The average Bonchev–Trinajstić information content (AvgIpc) is 3.11. The van der Waals surface area contributed by atoms with Gasteiger partial charge in [-0.2, -0.15) is 0 Å². The number of aromatic nitrogens is 3. The van der Waals surface area contributed by atoms with E-state index in [1.807, 2.05) is 20.8 Å². The molecule has 24 heavy (non-hydrogen) atoms. The van der Waals surface area contributed by atoms with Crippen molar-refractivity contribution in [2.75, 3.05) is 13.1 Å². The molecule has 2 heterocycles. The van der Waals surface area contributed by atoms with Crippen molar-refractivity contribution in [1.82, 2.24) is 30.5 Å². The first-order valence-electron chi connectivity index (χ1n) is 8.30. The van der Waals surface area contributed by atoms with Crippen LogP contribution in [-0.2, 0) is 6.54 Å². The molecule has 1 fully saturated rings. The van der Waals surface area contributed by atoms with Crippen molar-refractivity contribution in [3.63, 3.8) is 0 Å². The van der Waals surface area contributed by atoms with Crippen LogP contribution in [0.1, 0.15) is 44.1 Å². The summed E-state index contributed by atoms with van der Waals surface area (Å²) < 4.78 is 15.2. The van der Waals surface area contributed by atoms with Gasteiger partial charge >= 0.3 is 6.03 Å². The molecule has 8 nitrogen and oxygen atoms in total. The Labute approximate surface area is 140 Å². The Kier molecular flexibility index (Phi) is 6.10. The van der Waals surface area contributed by atoms with Gasteiger partial charge in [0, 0.05) is 19.0 Å². The van der Waals surface area contributed by atoms with Gasteiger partial charge < -0.3 is 15.5 Å². The highest BCUT2D eigenvalue weighted by molar-refractivity contribution is 5.91. The fourth-order valence-electron chi connectivity index (χ4n) is 2.66. The highest BCUT2D eigenvalue weighted by atomic mass is 19.1. The maximum atomic E-state index is 13.8. The Morgan fingerprint density at radius 1 is 1.46 bits per heavy atom. The Bertz CT molecular complexity index is 576. The van der Waals surface area contributed by atoms with E-state index in [4.69, 9.17) is 0 Å². The van der Waals surface area contributed by atoms with Crippen LogP contribution in [0.2, 0.25) is 0 Å². The number of urea groups is 1. The average molecular weight is 340 g/mol. The second-order valence-electron chi connectivity index (χ2n) is 6.33.